The maximum absolute atomic E-state index is 11.6. The molecule has 0 aliphatic rings. The fraction of sp³-hybridized carbons (Fsp3) is 0.636. The van der Waals surface area contributed by atoms with Crippen molar-refractivity contribution in [2.75, 3.05) is 0 Å². The van der Waals surface area contributed by atoms with Crippen molar-refractivity contribution < 1.29 is 13.2 Å². The van der Waals surface area contributed by atoms with E-state index in [1.165, 1.54) is 6.08 Å². The number of hydrogen-bond acceptors (Lipinski definition) is 0. The van der Waals surface area contributed by atoms with Crippen molar-refractivity contribution in [3.8, 4) is 0 Å². The van der Waals surface area contributed by atoms with Gasteiger partial charge in [-0.15, -0.1) is 0 Å². The molecule has 0 amide bonds. The molecule has 0 heterocycles. The van der Waals surface area contributed by atoms with Crippen LogP contribution in [-0.4, -0.2) is 6.18 Å². The van der Waals surface area contributed by atoms with E-state index < -0.39 is 12.6 Å². The van der Waals surface area contributed by atoms with Gasteiger partial charge in [0.05, 0.1) is 6.42 Å². The van der Waals surface area contributed by atoms with Gasteiger partial charge in [0.1, 0.15) is 0 Å². The number of halogens is 3. The van der Waals surface area contributed by atoms with E-state index in [9.17, 15) is 13.2 Å². The summed E-state index contributed by atoms with van der Waals surface area (Å²) in [6, 6.07) is 0. The number of rotatable bonds is 3. The molecule has 0 fully saturated rings. The number of hydrogen-bond donors (Lipinski definition) is 0. The molecule has 0 saturated carbocycles. The molecular formula is C11H19F3. The lowest BCUT2D eigenvalue weighted by Gasteiger charge is -1.99. The number of allylic oxidation sites excluding steroid dienone is 4. The number of alkyl halides is 3. The van der Waals surface area contributed by atoms with Gasteiger partial charge in [-0.1, -0.05) is 44.6 Å². The van der Waals surface area contributed by atoms with E-state index in [0.29, 0.717) is 0 Å². The van der Waals surface area contributed by atoms with E-state index in [-0.39, 0.29) is 0 Å². The molecule has 0 aromatic rings. The predicted molar refractivity (Wildman–Crippen MR) is 55.2 cm³/mol. The Balaban J connectivity index is 0. The molecule has 0 rings (SSSR count). The molecule has 0 radical (unpaired) electrons. The molecule has 0 saturated heterocycles. The van der Waals surface area contributed by atoms with Crippen LogP contribution in [0.5, 0.6) is 0 Å². The Bertz CT molecular complexity index is 175. The minimum absolute atomic E-state index is 0.845. The second kappa shape index (κ2) is 8.85. The van der Waals surface area contributed by atoms with Crippen LogP contribution in [0.2, 0.25) is 0 Å². The minimum Gasteiger partial charge on any atom is -0.171 e. The molecule has 0 aromatic carbocycles. The third kappa shape index (κ3) is 13.8. The monoisotopic (exact) mass is 208 g/mol. The van der Waals surface area contributed by atoms with Crippen LogP contribution < -0.4 is 0 Å². The Morgan fingerprint density at radius 2 is 1.71 bits per heavy atom. The van der Waals surface area contributed by atoms with Crippen LogP contribution in [-0.2, 0) is 0 Å². The van der Waals surface area contributed by atoms with Crippen LogP contribution >= 0.6 is 0 Å². The van der Waals surface area contributed by atoms with Gasteiger partial charge in [-0.05, 0) is 13.3 Å². The van der Waals surface area contributed by atoms with Gasteiger partial charge in [0.25, 0.3) is 0 Å². The summed E-state index contributed by atoms with van der Waals surface area (Å²) in [6.07, 6.45) is 0.443. The van der Waals surface area contributed by atoms with E-state index in [0.717, 1.165) is 18.1 Å². The molecule has 0 bridgehead atoms. The van der Waals surface area contributed by atoms with Crippen molar-refractivity contribution in [1.82, 2.24) is 0 Å². The summed E-state index contributed by atoms with van der Waals surface area (Å²) >= 11 is 0. The van der Waals surface area contributed by atoms with E-state index >= 15 is 0 Å². The van der Waals surface area contributed by atoms with Crippen LogP contribution in [0.4, 0.5) is 13.2 Å². The first-order valence-corrected chi connectivity index (χ1v) is 4.85. The molecule has 0 spiro atoms. The minimum atomic E-state index is -4.08. The van der Waals surface area contributed by atoms with Crippen LogP contribution in [0.15, 0.2) is 23.8 Å². The highest BCUT2D eigenvalue weighted by atomic mass is 19.4. The third-order valence-electron chi connectivity index (χ3n) is 1.26. The summed E-state index contributed by atoms with van der Waals surface area (Å²) < 4.78 is 34.9. The molecule has 0 N–H and O–H groups in total. The molecule has 0 aliphatic carbocycles. The van der Waals surface area contributed by atoms with Gasteiger partial charge in [0.2, 0.25) is 0 Å². The fourth-order valence-corrected chi connectivity index (χ4v) is 0.768. The average molecular weight is 208 g/mol. The second-order valence-corrected chi connectivity index (χ2v) is 2.58. The van der Waals surface area contributed by atoms with Crippen LogP contribution in [0.25, 0.3) is 0 Å². The molecule has 14 heavy (non-hydrogen) atoms. The Morgan fingerprint density at radius 1 is 1.21 bits per heavy atom. The van der Waals surface area contributed by atoms with Crippen molar-refractivity contribution in [3.05, 3.63) is 23.8 Å². The maximum atomic E-state index is 11.6. The fourth-order valence-electron chi connectivity index (χ4n) is 0.768. The van der Waals surface area contributed by atoms with E-state index in [1.807, 2.05) is 26.8 Å². The molecule has 3 heteroatoms. The quantitative estimate of drug-likeness (QED) is 0.580. The SMILES string of the molecule is CC.CC/C=C(C)\C=C/CC(F)(F)F. The van der Waals surface area contributed by atoms with Crippen molar-refractivity contribution >= 4 is 0 Å². The maximum Gasteiger partial charge on any atom is 0.392 e. The van der Waals surface area contributed by atoms with E-state index in [2.05, 4.69) is 0 Å². The molecular weight excluding hydrogens is 189 g/mol. The zero-order valence-corrected chi connectivity index (χ0v) is 9.28. The van der Waals surface area contributed by atoms with Gasteiger partial charge in [-0.3, -0.25) is 0 Å². The molecule has 0 unspecified atom stereocenters. The smallest absolute Gasteiger partial charge is 0.171 e. The lowest BCUT2D eigenvalue weighted by molar-refractivity contribution is -0.125. The lowest BCUT2D eigenvalue weighted by atomic mass is 10.2. The van der Waals surface area contributed by atoms with Gasteiger partial charge >= 0.3 is 6.18 Å². The summed E-state index contributed by atoms with van der Waals surface area (Å²) in [4.78, 5) is 0. The predicted octanol–water partition coefficient (Wildman–Crippen LogP) is 4.88. The average Bonchev–Trinajstić information content (AvgIpc) is 2.06. The molecule has 84 valence electrons. The van der Waals surface area contributed by atoms with Crippen LogP contribution in [0, 0.1) is 0 Å². The first kappa shape index (κ1) is 15.7. The Labute approximate surface area is 84.5 Å². The van der Waals surface area contributed by atoms with Crippen LogP contribution in [0.1, 0.15) is 40.5 Å². The summed E-state index contributed by atoms with van der Waals surface area (Å²) in [5.74, 6) is 0. The summed E-state index contributed by atoms with van der Waals surface area (Å²) in [6.45, 7) is 7.73. The summed E-state index contributed by atoms with van der Waals surface area (Å²) in [5.41, 5.74) is 0.877. The lowest BCUT2D eigenvalue weighted by Crippen LogP contribution is -2.03. The topological polar surface area (TPSA) is 0 Å². The molecule has 0 atom stereocenters. The standard InChI is InChI=1S/C9H13F3.C2H6/c1-3-5-8(2)6-4-7-9(10,11)12;1-2/h4-6H,3,7H2,1-2H3;1-2H3/b6-4-,8-5-;. The van der Waals surface area contributed by atoms with Crippen LogP contribution in [0.3, 0.4) is 0 Å². The van der Waals surface area contributed by atoms with Crippen molar-refractivity contribution in [3.63, 3.8) is 0 Å². The van der Waals surface area contributed by atoms with Gasteiger partial charge in [-0.25, -0.2) is 0 Å². The van der Waals surface area contributed by atoms with Crippen molar-refractivity contribution in [2.45, 2.75) is 46.7 Å². The molecule has 0 nitrogen and oxygen atoms in total. The summed E-state index contributed by atoms with van der Waals surface area (Å²) in [7, 11) is 0. The molecule has 0 aliphatic heterocycles. The highest BCUT2D eigenvalue weighted by molar-refractivity contribution is 5.15. The first-order valence-electron chi connectivity index (χ1n) is 4.85. The first-order chi connectivity index (χ1) is 6.45. The van der Waals surface area contributed by atoms with E-state index in [4.69, 9.17) is 0 Å². The van der Waals surface area contributed by atoms with Gasteiger partial charge < -0.3 is 0 Å². The zero-order valence-electron chi connectivity index (χ0n) is 9.28. The largest absolute Gasteiger partial charge is 0.392 e. The van der Waals surface area contributed by atoms with Crippen molar-refractivity contribution in [2.24, 2.45) is 0 Å². The highest BCUT2D eigenvalue weighted by Crippen LogP contribution is 2.19. The third-order valence-corrected chi connectivity index (χ3v) is 1.26. The van der Waals surface area contributed by atoms with Gasteiger partial charge in [0.15, 0.2) is 0 Å². The van der Waals surface area contributed by atoms with Crippen molar-refractivity contribution in [1.29, 1.82) is 0 Å². The Hall–Kier alpha value is -0.730. The normalized spacial score (nSPS) is 12.6. The van der Waals surface area contributed by atoms with Gasteiger partial charge in [-0.2, -0.15) is 13.2 Å². The zero-order chi connectivity index (χ0) is 11.6. The molecule has 0 aromatic heterocycles. The summed E-state index contributed by atoms with van der Waals surface area (Å²) in [5, 5.41) is 0. The van der Waals surface area contributed by atoms with Gasteiger partial charge in [0, 0.05) is 0 Å². The Kier molecular flexibility index (Phi) is 9.94. The second-order valence-electron chi connectivity index (χ2n) is 2.58. The Morgan fingerprint density at radius 3 is 2.07 bits per heavy atom. The van der Waals surface area contributed by atoms with E-state index in [1.54, 1.807) is 6.92 Å². The highest BCUT2D eigenvalue weighted by Gasteiger charge is 2.24.